The Balaban J connectivity index is 1.43. The number of anilines is 1. The number of hydrogen-bond donors (Lipinski definition) is 1. The molecule has 0 atom stereocenters. The molecule has 2 amide bonds. The first-order chi connectivity index (χ1) is 14.2. The first kappa shape index (κ1) is 19.6. The minimum atomic E-state index is -0.208. The molecule has 0 radical (unpaired) electrons. The molecule has 4 rings (SSSR count). The van der Waals surface area contributed by atoms with Crippen LogP contribution >= 0.6 is 0 Å². The van der Waals surface area contributed by atoms with E-state index in [1.165, 1.54) is 18.4 Å². The van der Waals surface area contributed by atoms with Crippen LogP contribution in [0, 0.1) is 0 Å². The number of rotatable bonds is 5. The van der Waals surface area contributed by atoms with E-state index in [-0.39, 0.29) is 11.8 Å². The second-order valence-electron chi connectivity index (χ2n) is 7.58. The van der Waals surface area contributed by atoms with Gasteiger partial charge in [-0.1, -0.05) is 24.3 Å². The third kappa shape index (κ3) is 4.83. The van der Waals surface area contributed by atoms with Gasteiger partial charge in [0.1, 0.15) is 0 Å². The fourth-order valence-electron chi connectivity index (χ4n) is 3.87. The molecule has 2 heterocycles. The van der Waals surface area contributed by atoms with Gasteiger partial charge in [0.05, 0.1) is 24.5 Å². The Morgan fingerprint density at radius 2 is 1.59 bits per heavy atom. The number of hydrogen-bond acceptors (Lipinski definition) is 4. The maximum absolute atomic E-state index is 12.9. The van der Waals surface area contributed by atoms with E-state index in [9.17, 15) is 9.59 Å². The lowest BCUT2D eigenvalue weighted by atomic mass is 10.1. The Hall–Kier alpha value is -2.70. The average Bonchev–Trinajstić information content (AvgIpc) is 3.28. The Kier molecular flexibility index (Phi) is 6.22. The fourth-order valence-corrected chi connectivity index (χ4v) is 3.87. The summed E-state index contributed by atoms with van der Waals surface area (Å²) < 4.78 is 5.32. The molecule has 6 nitrogen and oxygen atoms in total. The van der Waals surface area contributed by atoms with Gasteiger partial charge in [0.15, 0.2) is 0 Å². The van der Waals surface area contributed by atoms with Crippen molar-refractivity contribution in [2.24, 2.45) is 0 Å². The number of nitrogens with one attached hydrogen (secondary N) is 1. The number of benzene rings is 2. The SMILES string of the molecule is O=C(Nc1ccccc1C(=O)N1CCOCC1)c1ccc(CN2CCCC2)cc1. The zero-order chi connectivity index (χ0) is 20.1. The van der Waals surface area contributed by atoms with Crippen LogP contribution in [0.25, 0.3) is 0 Å². The van der Waals surface area contributed by atoms with Gasteiger partial charge in [-0.25, -0.2) is 0 Å². The van der Waals surface area contributed by atoms with E-state index in [4.69, 9.17) is 4.74 Å². The van der Waals surface area contributed by atoms with Crippen LogP contribution in [0.2, 0.25) is 0 Å². The maximum Gasteiger partial charge on any atom is 0.256 e. The van der Waals surface area contributed by atoms with Crippen molar-refractivity contribution in [1.29, 1.82) is 0 Å². The highest BCUT2D eigenvalue weighted by molar-refractivity contribution is 6.09. The summed E-state index contributed by atoms with van der Waals surface area (Å²) in [6, 6.07) is 14.9. The smallest absolute Gasteiger partial charge is 0.256 e. The molecule has 0 spiro atoms. The van der Waals surface area contributed by atoms with E-state index in [1.54, 1.807) is 17.0 Å². The predicted octanol–water partition coefficient (Wildman–Crippen LogP) is 3.01. The lowest BCUT2D eigenvalue weighted by Crippen LogP contribution is -2.41. The van der Waals surface area contributed by atoms with Gasteiger partial charge < -0.3 is 15.0 Å². The molecule has 0 unspecified atom stereocenters. The summed E-state index contributed by atoms with van der Waals surface area (Å²) in [5.41, 5.74) is 2.85. The minimum Gasteiger partial charge on any atom is -0.378 e. The third-order valence-electron chi connectivity index (χ3n) is 5.52. The highest BCUT2D eigenvalue weighted by atomic mass is 16.5. The van der Waals surface area contributed by atoms with E-state index in [1.807, 2.05) is 36.4 Å². The molecule has 0 bridgehead atoms. The summed E-state index contributed by atoms with van der Waals surface area (Å²) in [6.45, 7) is 5.46. The molecule has 6 heteroatoms. The van der Waals surface area contributed by atoms with Gasteiger partial charge in [-0.05, 0) is 55.8 Å². The normalized spacial score (nSPS) is 17.3. The molecule has 2 saturated heterocycles. The average molecular weight is 393 g/mol. The van der Waals surface area contributed by atoms with Crippen LogP contribution in [0.4, 0.5) is 5.69 Å². The van der Waals surface area contributed by atoms with E-state index in [2.05, 4.69) is 10.2 Å². The summed E-state index contributed by atoms with van der Waals surface area (Å²) in [4.78, 5) is 29.8. The van der Waals surface area contributed by atoms with Gasteiger partial charge in [-0.15, -0.1) is 0 Å². The van der Waals surface area contributed by atoms with Crippen LogP contribution in [0.15, 0.2) is 48.5 Å². The molecule has 0 aromatic heterocycles. The first-order valence-electron chi connectivity index (χ1n) is 10.3. The number of ether oxygens (including phenoxy) is 1. The zero-order valence-corrected chi connectivity index (χ0v) is 16.6. The molecule has 2 aliphatic heterocycles. The topological polar surface area (TPSA) is 61.9 Å². The summed E-state index contributed by atoms with van der Waals surface area (Å²) >= 11 is 0. The number of amides is 2. The van der Waals surface area contributed by atoms with Crippen molar-refractivity contribution < 1.29 is 14.3 Å². The standard InChI is InChI=1S/C23H27N3O3/c27-22(19-9-7-18(8-10-19)17-25-11-3-4-12-25)24-21-6-2-1-5-20(21)23(28)26-13-15-29-16-14-26/h1-2,5-10H,3-4,11-17H2,(H,24,27). The number of nitrogens with zero attached hydrogens (tertiary/aromatic N) is 2. The summed E-state index contributed by atoms with van der Waals surface area (Å²) in [5.74, 6) is -0.287. The van der Waals surface area contributed by atoms with Crippen molar-refractivity contribution in [3.05, 3.63) is 65.2 Å². The van der Waals surface area contributed by atoms with Crippen molar-refractivity contribution in [3.63, 3.8) is 0 Å². The molecule has 1 N–H and O–H groups in total. The van der Waals surface area contributed by atoms with Gasteiger partial charge in [-0.2, -0.15) is 0 Å². The summed E-state index contributed by atoms with van der Waals surface area (Å²) in [6.07, 6.45) is 2.53. The van der Waals surface area contributed by atoms with Crippen LogP contribution in [-0.2, 0) is 11.3 Å². The molecule has 0 aliphatic carbocycles. The molecule has 2 fully saturated rings. The van der Waals surface area contributed by atoms with Crippen molar-refractivity contribution in [2.75, 3.05) is 44.7 Å². The molecule has 29 heavy (non-hydrogen) atoms. The van der Waals surface area contributed by atoms with Gasteiger partial charge >= 0.3 is 0 Å². The largest absolute Gasteiger partial charge is 0.378 e. The van der Waals surface area contributed by atoms with E-state index in [0.29, 0.717) is 43.1 Å². The number of morpholine rings is 1. The van der Waals surface area contributed by atoms with Crippen LogP contribution in [0.5, 0.6) is 0 Å². The second kappa shape index (κ2) is 9.20. The van der Waals surface area contributed by atoms with Gasteiger partial charge in [0, 0.05) is 25.2 Å². The summed E-state index contributed by atoms with van der Waals surface area (Å²) in [7, 11) is 0. The molecular weight excluding hydrogens is 366 g/mol. The summed E-state index contributed by atoms with van der Waals surface area (Å²) in [5, 5.41) is 2.91. The molecule has 0 saturated carbocycles. The second-order valence-corrected chi connectivity index (χ2v) is 7.58. The lowest BCUT2D eigenvalue weighted by Gasteiger charge is -2.27. The van der Waals surface area contributed by atoms with Crippen LogP contribution in [0.1, 0.15) is 39.1 Å². The van der Waals surface area contributed by atoms with Gasteiger partial charge in [-0.3, -0.25) is 14.5 Å². The Morgan fingerprint density at radius 1 is 0.897 bits per heavy atom. The number of para-hydroxylation sites is 1. The van der Waals surface area contributed by atoms with Crippen molar-refractivity contribution >= 4 is 17.5 Å². The van der Waals surface area contributed by atoms with Gasteiger partial charge in [0.2, 0.25) is 0 Å². The first-order valence-corrected chi connectivity index (χ1v) is 10.3. The van der Waals surface area contributed by atoms with Crippen molar-refractivity contribution in [2.45, 2.75) is 19.4 Å². The monoisotopic (exact) mass is 393 g/mol. The fraction of sp³-hybridized carbons (Fsp3) is 0.391. The maximum atomic E-state index is 12.9. The van der Waals surface area contributed by atoms with Crippen molar-refractivity contribution in [3.8, 4) is 0 Å². The lowest BCUT2D eigenvalue weighted by molar-refractivity contribution is 0.0303. The molecule has 2 aromatic rings. The number of carbonyl (C=O) groups excluding carboxylic acids is 2. The molecular formula is C23H27N3O3. The number of carbonyl (C=O) groups is 2. The zero-order valence-electron chi connectivity index (χ0n) is 16.6. The molecule has 152 valence electrons. The van der Waals surface area contributed by atoms with E-state index >= 15 is 0 Å². The Labute approximate surface area is 171 Å². The minimum absolute atomic E-state index is 0.0786. The molecule has 2 aliphatic rings. The van der Waals surface area contributed by atoms with Crippen LogP contribution in [-0.4, -0.2) is 61.0 Å². The van der Waals surface area contributed by atoms with Crippen LogP contribution in [0.3, 0.4) is 0 Å². The van der Waals surface area contributed by atoms with Gasteiger partial charge in [0.25, 0.3) is 11.8 Å². The van der Waals surface area contributed by atoms with E-state index in [0.717, 1.165) is 19.6 Å². The molecule has 2 aromatic carbocycles. The Morgan fingerprint density at radius 3 is 2.31 bits per heavy atom. The highest BCUT2D eigenvalue weighted by Gasteiger charge is 2.21. The van der Waals surface area contributed by atoms with Crippen LogP contribution < -0.4 is 5.32 Å². The quantitative estimate of drug-likeness (QED) is 0.848. The number of likely N-dealkylation sites (tertiary alicyclic amines) is 1. The Bertz CT molecular complexity index is 854. The highest BCUT2D eigenvalue weighted by Crippen LogP contribution is 2.20. The van der Waals surface area contributed by atoms with Crippen molar-refractivity contribution in [1.82, 2.24) is 9.80 Å². The predicted molar refractivity (Wildman–Crippen MR) is 112 cm³/mol. The third-order valence-corrected chi connectivity index (χ3v) is 5.52. The van der Waals surface area contributed by atoms with E-state index < -0.39 is 0 Å².